The van der Waals surface area contributed by atoms with Gasteiger partial charge in [-0.05, 0) is 49.4 Å². The van der Waals surface area contributed by atoms with E-state index < -0.39 is 0 Å². The molecule has 3 rings (SSSR count). The van der Waals surface area contributed by atoms with Crippen molar-refractivity contribution in [3.63, 3.8) is 0 Å². The van der Waals surface area contributed by atoms with Crippen LogP contribution in [0.15, 0.2) is 18.2 Å². The molecule has 1 aliphatic carbocycles. The van der Waals surface area contributed by atoms with E-state index in [2.05, 4.69) is 35.5 Å². The van der Waals surface area contributed by atoms with E-state index in [1.165, 1.54) is 42.4 Å². The van der Waals surface area contributed by atoms with Crippen molar-refractivity contribution in [2.75, 3.05) is 26.7 Å². The number of nitrogens with two attached hydrogens (primary N) is 1. The highest BCUT2D eigenvalue weighted by atomic mass is 15.2. The highest BCUT2D eigenvalue weighted by molar-refractivity contribution is 5.35. The third-order valence-corrected chi connectivity index (χ3v) is 4.60. The summed E-state index contributed by atoms with van der Waals surface area (Å²) in [5, 5.41) is 3.56. The Hall–Kier alpha value is -0.900. The largest absolute Gasteiger partial charge is 0.323 e. The summed E-state index contributed by atoms with van der Waals surface area (Å²) in [6.45, 7) is 3.20. The normalized spacial score (nSPS) is 25.9. The molecule has 2 atom stereocenters. The summed E-state index contributed by atoms with van der Waals surface area (Å²) in [4.78, 5) is 2.36. The van der Waals surface area contributed by atoms with Crippen LogP contribution in [0, 0.1) is 0 Å². The van der Waals surface area contributed by atoms with Gasteiger partial charge >= 0.3 is 0 Å². The van der Waals surface area contributed by atoms with Gasteiger partial charge in [0.1, 0.15) is 0 Å². The van der Waals surface area contributed by atoms with Crippen LogP contribution < -0.4 is 11.1 Å². The summed E-state index contributed by atoms with van der Waals surface area (Å²) in [5.74, 6) is 0. The van der Waals surface area contributed by atoms with Crippen molar-refractivity contribution in [1.82, 2.24) is 10.2 Å². The van der Waals surface area contributed by atoms with E-state index in [-0.39, 0.29) is 6.04 Å². The summed E-state index contributed by atoms with van der Waals surface area (Å²) in [6, 6.07) is 7.38. The van der Waals surface area contributed by atoms with Gasteiger partial charge in [-0.1, -0.05) is 18.2 Å². The van der Waals surface area contributed by atoms with Crippen molar-refractivity contribution in [1.29, 1.82) is 0 Å². The number of hydrogen-bond donors (Lipinski definition) is 2. The van der Waals surface area contributed by atoms with Gasteiger partial charge in [-0.2, -0.15) is 0 Å². The SMILES string of the molecule is CN1CCNC(C(N)c2ccc3c(c2)CCCC3)C1. The Morgan fingerprint density at radius 1 is 1.26 bits per heavy atom. The first-order valence-corrected chi connectivity index (χ1v) is 7.53. The fraction of sp³-hybridized carbons (Fsp3) is 0.625. The van der Waals surface area contributed by atoms with Crippen LogP contribution in [0.5, 0.6) is 0 Å². The average Bonchev–Trinajstić information content (AvgIpc) is 2.46. The van der Waals surface area contributed by atoms with Crippen LogP contribution in [0.25, 0.3) is 0 Å². The second-order valence-corrected chi connectivity index (χ2v) is 6.08. The van der Waals surface area contributed by atoms with E-state index in [1.54, 1.807) is 0 Å². The maximum Gasteiger partial charge on any atom is 0.0463 e. The molecule has 2 unspecified atom stereocenters. The molecule has 0 aromatic heterocycles. The standard InChI is InChI=1S/C16H25N3/c1-19-9-8-18-15(11-19)16(17)14-7-6-12-4-2-3-5-13(12)10-14/h6-7,10,15-16,18H,2-5,8-9,11,17H2,1H3. The summed E-state index contributed by atoms with van der Waals surface area (Å²) >= 11 is 0. The zero-order valence-electron chi connectivity index (χ0n) is 11.9. The van der Waals surface area contributed by atoms with Gasteiger partial charge in [-0.25, -0.2) is 0 Å². The molecule has 0 saturated carbocycles. The Bertz CT molecular complexity index is 444. The van der Waals surface area contributed by atoms with Crippen molar-refractivity contribution >= 4 is 0 Å². The second-order valence-electron chi connectivity index (χ2n) is 6.08. The van der Waals surface area contributed by atoms with Gasteiger partial charge in [0.25, 0.3) is 0 Å². The molecule has 3 nitrogen and oxygen atoms in total. The molecule has 0 radical (unpaired) electrons. The first kappa shape index (κ1) is 13.1. The molecule has 1 aliphatic heterocycles. The lowest BCUT2D eigenvalue weighted by atomic mass is 9.88. The molecule has 1 heterocycles. The highest BCUT2D eigenvalue weighted by Gasteiger charge is 2.24. The monoisotopic (exact) mass is 259 g/mol. The molecule has 0 bridgehead atoms. The molecule has 1 aromatic rings. The van der Waals surface area contributed by atoms with Crippen LogP contribution in [0.4, 0.5) is 0 Å². The van der Waals surface area contributed by atoms with E-state index in [4.69, 9.17) is 5.73 Å². The second kappa shape index (κ2) is 5.61. The van der Waals surface area contributed by atoms with Gasteiger partial charge in [-0.3, -0.25) is 0 Å². The van der Waals surface area contributed by atoms with E-state index in [0.717, 1.165) is 19.6 Å². The molecule has 3 N–H and O–H groups in total. The fourth-order valence-electron chi connectivity index (χ4n) is 3.37. The molecule has 1 fully saturated rings. The van der Waals surface area contributed by atoms with Crippen molar-refractivity contribution < 1.29 is 0 Å². The van der Waals surface area contributed by atoms with Gasteiger partial charge in [0, 0.05) is 31.7 Å². The Balaban J connectivity index is 1.77. The van der Waals surface area contributed by atoms with Gasteiger partial charge in [0.05, 0.1) is 0 Å². The number of likely N-dealkylation sites (N-methyl/N-ethyl adjacent to an activating group) is 1. The molecule has 104 valence electrons. The number of benzene rings is 1. The van der Waals surface area contributed by atoms with Crippen LogP contribution in [0.1, 0.15) is 35.6 Å². The Kier molecular flexibility index (Phi) is 3.87. The summed E-state index contributed by atoms with van der Waals surface area (Å²) in [7, 11) is 2.17. The lowest BCUT2D eigenvalue weighted by Gasteiger charge is -2.35. The van der Waals surface area contributed by atoms with Crippen molar-refractivity contribution in [3.8, 4) is 0 Å². The molecule has 1 saturated heterocycles. The molecule has 0 amide bonds. The lowest BCUT2D eigenvalue weighted by Crippen LogP contribution is -2.53. The van der Waals surface area contributed by atoms with Crippen LogP contribution in [-0.2, 0) is 12.8 Å². The first-order chi connectivity index (χ1) is 9.24. The average molecular weight is 259 g/mol. The number of fused-ring (bicyclic) bond motifs is 1. The van der Waals surface area contributed by atoms with Gasteiger partial charge in [-0.15, -0.1) is 0 Å². The number of piperazine rings is 1. The number of nitrogens with zero attached hydrogens (tertiary/aromatic N) is 1. The van der Waals surface area contributed by atoms with Gasteiger partial charge in [0.2, 0.25) is 0 Å². The first-order valence-electron chi connectivity index (χ1n) is 7.53. The quantitative estimate of drug-likeness (QED) is 0.845. The minimum absolute atomic E-state index is 0.106. The fourth-order valence-corrected chi connectivity index (χ4v) is 3.37. The lowest BCUT2D eigenvalue weighted by molar-refractivity contribution is 0.220. The Morgan fingerprint density at radius 2 is 2.05 bits per heavy atom. The third kappa shape index (κ3) is 2.83. The van der Waals surface area contributed by atoms with E-state index in [1.807, 2.05) is 0 Å². The maximum atomic E-state index is 6.48. The molecule has 0 spiro atoms. The predicted molar refractivity (Wildman–Crippen MR) is 79.3 cm³/mol. The van der Waals surface area contributed by atoms with Crippen molar-refractivity contribution in [2.45, 2.75) is 37.8 Å². The number of aryl methyl sites for hydroxylation is 2. The minimum atomic E-state index is 0.106. The van der Waals surface area contributed by atoms with Crippen LogP contribution in [0.2, 0.25) is 0 Å². The van der Waals surface area contributed by atoms with Gasteiger partial charge < -0.3 is 16.0 Å². The number of hydrogen-bond acceptors (Lipinski definition) is 3. The molecule has 1 aromatic carbocycles. The van der Waals surface area contributed by atoms with E-state index in [9.17, 15) is 0 Å². The van der Waals surface area contributed by atoms with Crippen molar-refractivity contribution in [2.24, 2.45) is 5.73 Å². The van der Waals surface area contributed by atoms with E-state index in [0.29, 0.717) is 6.04 Å². The topological polar surface area (TPSA) is 41.3 Å². The molecule has 19 heavy (non-hydrogen) atoms. The van der Waals surface area contributed by atoms with E-state index >= 15 is 0 Å². The van der Waals surface area contributed by atoms with Crippen LogP contribution >= 0.6 is 0 Å². The maximum absolute atomic E-state index is 6.48. The molecular weight excluding hydrogens is 234 g/mol. The summed E-state index contributed by atoms with van der Waals surface area (Å²) in [6.07, 6.45) is 5.15. The van der Waals surface area contributed by atoms with Crippen LogP contribution in [0.3, 0.4) is 0 Å². The molecule has 3 heteroatoms. The number of rotatable bonds is 2. The zero-order valence-corrected chi connectivity index (χ0v) is 11.9. The molecular formula is C16H25N3. The third-order valence-electron chi connectivity index (χ3n) is 4.60. The summed E-state index contributed by atoms with van der Waals surface area (Å²) in [5.41, 5.74) is 10.8. The smallest absolute Gasteiger partial charge is 0.0463 e. The Morgan fingerprint density at radius 3 is 2.84 bits per heavy atom. The van der Waals surface area contributed by atoms with Crippen molar-refractivity contribution in [3.05, 3.63) is 34.9 Å². The Labute approximate surface area is 116 Å². The highest BCUT2D eigenvalue weighted by Crippen LogP contribution is 2.25. The predicted octanol–water partition coefficient (Wildman–Crippen LogP) is 1.47. The summed E-state index contributed by atoms with van der Waals surface area (Å²) < 4.78 is 0. The van der Waals surface area contributed by atoms with Crippen LogP contribution in [-0.4, -0.2) is 37.6 Å². The van der Waals surface area contributed by atoms with Gasteiger partial charge in [0.15, 0.2) is 0 Å². The zero-order chi connectivity index (χ0) is 13.2. The minimum Gasteiger partial charge on any atom is -0.323 e. The number of nitrogens with one attached hydrogen (secondary N) is 1. The molecule has 2 aliphatic rings.